The van der Waals surface area contributed by atoms with Crippen molar-refractivity contribution in [2.24, 2.45) is 5.92 Å². The highest BCUT2D eigenvalue weighted by atomic mass is 32.1. The fourth-order valence-electron chi connectivity index (χ4n) is 2.51. The highest BCUT2D eigenvalue weighted by Gasteiger charge is 2.28. The van der Waals surface area contributed by atoms with Gasteiger partial charge >= 0.3 is 0 Å². The lowest BCUT2D eigenvalue weighted by atomic mass is 9.91. The van der Waals surface area contributed by atoms with Gasteiger partial charge in [0.1, 0.15) is 0 Å². The normalized spacial score (nSPS) is 20.7. The van der Waals surface area contributed by atoms with Crippen molar-refractivity contribution in [1.29, 1.82) is 0 Å². The molecule has 0 saturated carbocycles. The van der Waals surface area contributed by atoms with Crippen molar-refractivity contribution >= 4 is 16.5 Å². The lowest BCUT2D eigenvalue weighted by molar-refractivity contribution is 0.282. The van der Waals surface area contributed by atoms with Gasteiger partial charge < -0.3 is 10.0 Å². The summed E-state index contributed by atoms with van der Waals surface area (Å²) in [5.74, 6) is 0.810. The van der Waals surface area contributed by atoms with E-state index in [0.29, 0.717) is 0 Å². The van der Waals surface area contributed by atoms with Crippen LogP contribution in [0.5, 0.6) is 0 Å². The van der Waals surface area contributed by atoms with Gasteiger partial charge in [-0.25, -0.2) is 4.98 Å². The highest BCUT2D eigenvalue weighted by Crippen LogP contribution is 2.36. The van der Waals surface area contributed by atoms with Crippen LogP contribution in [-0.2, 0) is 12.0 Å². The molecule has 1 aromatic heterocycles. The molecule has 1 saturated heterocycles. The number of anilines is 1. The molecule has 0 radical (unpaired) electrons. The summed E-state index contributed by atoms with van der Waals surface area (Å²) in [7, 11) is 0. The predicted octanol–water partition coefficient (Wildman–Crippen LogP) is 3.17. The van der Waals surface area contributed by atoms with E-state index in [2.05, 4.69) is 32.6 Å². The Labute approximate surface area is 114 Å². The summed E-state index contributed by atoms with van der Waals surface area (Å²) in [4.78, 5) is 8.20. The summed E-state index contributed by atoms with van der Waals surface area (Å²) in [6, 6.07) is 0. The average molecular weight is 268 g/mol. The number of aromatic nitrogens is 1. The number of thiazole rings is 1. The van der Waals surface area contributed by atoms with Crippen LogP contribution in [0.2, 0.25) is 0 Å². The molecule has 4 heteroatoms. The molecule has 3 nitrogen and oxygen atoms in total. The van der Waals surface area contributed by atoms with E-state index in [1.165, 1.54) is 12.8 Å². The Morgan fingerprint density at radius 2 is 2.17 bits per heavy atom. The molecule has 1 N–H and O–H groups in total. The largest absolute Gasteiger partial charge is 0.391 e. The number of hydrogen-bond donors (Lipinski definition) is 1. The molecular weight excluding hydrogens is 244 g/mol. The quantitative estimate of drug-likeness (QED) is 0.914. The standard InChI is InChI=1S/C14H24N2OS/c1-5-10-6-7-16(8-10)13-15-12(14(2,3)4)11(9-17)18-13/h10,17H,5-9H2,1-4H3. The molecule has 2 heterocycles. The first kappa shape index (κ1) is 13.8. The second-order valence-corrected chi connectivity index (χ2v) is 7.25. The number of aliphatic hydroxyl groups excluding tert-OH is 1. The Kier molecular flexibility index (Phi) is 3.97. The third-order valence-corrected chi connectivity index (χ3v) is 4.77. The van der Waals surface area contributed by atoms with Crippen LogP contribution in [-0.4, -0.2) is 23.2 Å². The van der Waals surface area contributed by atoms with Gasteiger partial charge in [-0.2, -0.15) is 0 Å². The fraction of sp³-hybridized carbons (Fsp3) is 0.786. The van der Waals surface area contributed by atoms with Crippen molar-refractivity contribution in [1.82, 2.24) is 4.98 Å². The zero-order chi connectivity index (χ0) is 13.3. The van der Waals surface area contributed by atoms with Crippen LogP contribution >= 0.6 is 11.3 Å². The third kappa shape index (κ3) is 2.69. The Hall–Kier alpha value is -0.610. The lowest BCUT2D eigenvalue weighted by Gasteiger charge is -2.17. The van der Waals surface area contributed by atoms with Crippen molar-refractivity contribution < 1.29 is 5.11 Å². The van der Waals surface area contributed by atoms with Gasteiger partial charge in [0.05, 0.1) is 17.2 Å². The maximum Gasteiger partial charge on any atom is 0.185 e. The van der Waals surface area contributed by atoms with Gasteiger partial charge in [0.15, 0.2) is 5.13 Å². The summed E-state index contributed by atoms with van der Waals surface area (Å²) < 4.78 is 0. The molecule has 18 heavy (non-hydrogen) atoms. The van der Waals surface area contributed by atoms with Gasteiger partial charge in [0, 0.05) is 18.5 Å². The smallest absolute Gasteiger partial charge is 0.185 e. The first-order chi connectivity index (χ1) is 8.45. The summed E-state index contributed by atoms with van der Waals surface area (Å²) in [6.07, 6.45) is 2.52. The van der Waals surface area contributed by atoms with Gasteiger partial charge in [0.25, 0.3) is 0 Å². The molecule has 1 aliphatic heterocycles. The van der Waals surface area contributed by atoms with Gasteiger partial charge in [-0.3, -0.25) is 0 Å². The summed E-state index contributed by atoms with van der Waals surface area (Å²) in [5.41, 5.74) is 1.07. The number of nitrogens with zero attached hydrogens (tertiary/aromatic N) is 2. The average Bonchev–Trinajstić information content (AvgIpc) is 2.94. The molecule has 102 valence electrons. The van der Waals surface area contributed by atoms with Crippen LogP contribution < -0.4 is 4.90 Å². The van der Waals surface area contributed by atoms with Crippen molar-refractivity contribution in [2.75, 3.05) is 18.0 Å². The summed E-state index contributed by atoms with van der Waals surface area (Å²) >= 11 is 1.66. The summed E-state index contributed by atoms with van der Waals surface area (Å²) in [5, 5.41) is 10.6. The summed E-state index contributed by atoms with van der Waals surface area (Å²) in [6.45, 7) is 11.1. The zero-order valence-electron chi connectivity index (χ0n) is 11.9. The first-order valence-electron chi connectivity index (χ1n) is 6.81. The molecule has 1 aliphatic rings. The van der Waals surface area contributed by atoms with E-state index in [9.17, 15) is 5.11 Å². The molecule has 1 atom stereocenters. The van der Waals surface area contributed by atoms with Crippen LogP contribution in [0.4, 0.5) is 5.13 Å². The maximum absolute atomic E-state index is 9.49. The van der Waals surface area contributed by atoms with Crippen LogP contribution in [0.1, 0.15) is 51.1 Å². The SMILES string of the molecule is CCC1CCN(c2nc(C(C)(C)C)c(CO)s2)C1. The van der Waals surface area contributed by atoms with Crippen LogP contribution in [0.15, 0.2) is 0 Å². The second-order valence-electron chi connectivity index (χ2n) is 6.19. The Morgan fingerprint density at radius 3 is 2.61 bits per heavy atom. The van der Waals surface area contributed by atoms with Crippen molar-refractivity contribution in [2.45, 2.75) is 52.6 Å². The number of hydrogen-bond acceptors (Lipinski definition) is 4. The van der Waals surface area contributed by atoms with E-state index in [1.54, 1.807) is 11.3 Å². The molecule has 0 spiro atoms. The highest BCUT2D eigenvalue weighted by molar-refractivity contribution is 7.15. The minimum Gasteiger partial charge on any atom is -0.391 e. The lowest BCUT2D eigenvalue weighted by Crippen LogP contribution is -2.20. The molecule has 1 unspecified atom stereocenters. The van der Waals surface area contributed by atoms with Crippen LogP contribution in [0.3, 0.4) is 0 Å². The fourth-order valence-corrected chi connectivity index (χ4v) is 3.67. The third-order valence-electron chi connectivity index (χ3n) is 3.67. The molecular formula is C14H24N2OS. The van der Waals surface area contributed by atoms with Crippen LogP contribution in [0, 0.1) is 5.92 Å². The minimum absolute atomic E-state index is 0.0106. The minimum atomic E-state index is 0.0106. The van der Waals surface area contributed by atoms with Gasteiger partial charge in [-0.1, -0.05) is 45.5 Å². The van der Waals surface area contributed by atoms with Crippen molar-refractivity contribution in [3.8, 4) is 0 Å². The first-order valence-corrected chi connectivity index (χ1v) is 7.63. The molecule has 2 rings (SSSR count). The Morgan fingerprint density at radius 1 is 1.44 bits per heavy atom. The molecule has 1 fully saturated rings. The molecule has 1 aromatic rings. The van der Waals surface area contributed by atoms with Crippen molar-refractivity contribution in [3.05, 3.63) is 10.6 Å². The number of rotatable bonds is 3. The monoisotopic (exact) mass is 268 g/mol. The van der Waals surface area contributed by atoms with E-state index < -0.39 is 0 Å². The van der Waals surface area contributed by atoms with Gasteiger partial charge in [-0.05, 0) is 12.3 Å². The molecule has 0 aromatic carbocycles. The van der Waals surface area contributed by atoms with E-state index in [1.807, 2.05) is 0 Å². The molecule has 0 amide bonds. The van der Waals surface area contributed by atoms with E-state index >= 15 is 0 Å². The van der Waals surface area contributed by atoms with E-state index in [4.69, 9.17) is 4.98 Å². The van der Waals surface area contributed by atoms with Crippen LogP contribution in [0.25, 0.3) is 0 Å². The Bertz CT molecular complexity index is 408. The maximum atomic E-state index is 9.49. The predicted molar refractivity (Wildman–Crippen MR) is 77.3 cm³/mol. The van der Waals surface area contributed by atoms with E-state index in [-0.39, 0.29) is 12.0 Å². The number of aliphatic hydroxyl groups is 1. The topological polar surface area (TPSA) is 36.4 Å². The zero-order valence-corrected chi connectivity index (χ0v) is 12.7. The van der Waals surface area contributed by atoms with Gasteiger partial charge in [-0.15, -0.1) is 0 Å². The second kappa shape index (κ2) is 5.17. The van der Waals surface area contributed by atoms with Crippen molar-refractivity contribution in [3.63, 3.8) is 0 Å². The van der Waals surface area contributed by atoms with Gasteiger partial charge in [0.2, 0.25) is 0 Å². The molecule has 0 bridgehead atoms. The van der Waals surface area contributed by atoms with E-state index in [0.717, 1.165) is 34.7 Å². The Balaban J connectivity index is 2.23. The molecule has 0 aliphatic carbocycles.